The normalized spacial score (nSPS) is 11.0. The maximum atomic E-state index is 6.17. The van der Waals surface area contributed by atoms with Crippen LogP contribution in [0.2, 0.25) is 15.1 Å². The van der Waals surface area contributed by atoms with Crippen molar-refractivity contribution in [2.24, 2.45) is 0 Å². The van der Waals surface area contributed by atoms with Gasteiger partial charge in [-0.05, 0) is 48.5 Å². The first kappa shape index (κ1) is 16.2. The van der Waals surface area contributed by atoms with Crippen molar-refractivity contribution in [3.63, 3.8) is 0 Å². The number of ether oxygens (including phenoxy) is 1. The van der Waals surface area contributed by atoms with Gasteiger partial charge in [-0.1, -0.05) is 34.8 Å². The van der Waals surface area contributed by atoms with Crippen LogP contribution in [0.25, 0.3) is 22.6 Å². The lowest BCUT2D eigenvalue weighted by molar-refractivity contribution is 0.462. The maximum Gasteiger partial charge on any atom is 0.232 e. The minimum Gasteiger partial charge on any atom is -0.437 e. The summed E-state index contributed by atoms with van der Waals surface area (Å²) in [5, 5.41) is 1.49. The molecule has 0 saturated carbocycles. The third-order valence-corrected chi connectivity index (χ3v) is 4.22. The number of oxazole rings is 1. The van der Waals surface area contributed by atoms with Crippen LogP contribution < -0.4 is 4.74 Å². The van der Waals surface area contributed by atoms with Crippen molar-refractivity contribution in [2.45, 2.75) is 0 Å². The van der Waals surface area contributed by atoms with Crippen molar-refractivity contribution >= 4 is 45.9 Å². The van der Waals surface area contributed by atoms with Crippen molar-refractivity contribution in [3.05, 3.63) is 69.8 Å². The molecule has 2 aromatic carbocycles. The number of pyridine rings is 1. The molecule has 0 aliphatic rings. The molecule has 0 spiro atoms. The van der Waals surface area contributed by atoms with Crippen molar-refractivity contribution in [1.29, 1.82) is 0 Å². The van der Waals surface area contributed by atoms with Gasteiger partial charge in [0.1, 0.15) is 11.3 Å². The molecule has 7 heteroatoms. The van der Waals surface area contributed by atoms with Crippen LogP contribution in [0.5, 0.6) is 11.6 Å². The van der Waals surface area contributed by atoms with E-state index < -0.39 is 0 Å². The second-order valence-corrected chi connectivity index (χ2v) is 6.44. The van der Waals surface area contributed by atoms with Crippen molar-refractivity contribution in [1.82, 2.24) is 9.97 Å². The highest BCUT2D eigenvalue weighted by Gasteiger charge is 2.16. The van der Waals surface area contributed by atoms with Gasteiger partial charge in [0.25, 0.3) is 0 Å². The Morgan fingerprint density at radius 1 is 0.920 bits per heavy atom. The molecule has 2 heterocycles. The molecule has 0 aliphatic heterocycles. The van der Waals surface area contributed by atoms with Crippen LogP contribution in [0, 0.1) is 0 Å². The van der Waals surface area contributed by atoms with E-state index in [0.29, 0.717) is 49.3 Å². The zero-order chi connectivity index (χ0) is 17.4. The number of aromatic nitrogens is 2. The fraction of sp³-hybridized carbons (Fsp3) is 0. The second-order valence-electron chi connectivity index (χ2n) is 5.16. The molecule has 0 N–H and O–H groups in total. The van der Waals surface area contributed by atoms with Crippen molar-refractivity contribution in [2.75, 3.05) is 0 Å². The molecule has 4 aromatic rings. The number of hydrogen-bond acceptors (Lipinski definition) is 4. The summed E-state index contributed by atoms with van der Waals surface area (Å²) < 4.78 is 11.6. The number of fused-ring (bicyclic) bond motifs is 1. The van der Waals surface area contributed by atoms with Gasteiger partial charge in [0.15, 0.2) is 5.58 Å². The topological polar surface area (TPSA) is 48.2 Å². The molecule has 0 radical (unpaired) electrons. The van der Waals surface area contributed by atoms with Crippen LogP contribution in [-0.4, -0.2) is 9.97 Å². The van der Waals surface area contributed by atoms with Gasteiger partial charge >= 0.3 is 0 Å². The van der Waals surface area contributed by atoms with Gasteiger partial charge in [-0.3, -0.25) is 0 Å². The Morgan fingerprint density at radius 3 is 2.56 bits per heavy atom. The molecule has 0 aliphatic carbocycles. The van der Waals surface area contributed by atoms with Gasteiger partial charge in [-0.15, -0.1) is 0 Å². The highest BCUT2D eigenvalue weighted by atomic mass is 35.5. The van der Waals surface area contributed by atoms with E-state index in [-0.39, 0.29) is 0 Å². The first-order chi connectivity index (χ1) is 12.1. The van der Waals surface area contributed by atoms with Crippen LogP contribution in [-0.2, 0) is 0 Å². The molecule has 0 fully saturated rings. The molecule has 0 unspecified atom stereocenters. The van der Waals surface area contributed by atoms with E-state index in [1.54, 1.807) is 54.7 Å². The number of halogens is 3. The summed E-state index contributed by atoms with van der Waals surface area (Å²) in [7, 11) is 0. The molecular formula is C18H9Cl3N2O2. The van der Waals surface area contributed by atoms with Gasteiger partial charge in [0.05, 0.1) is 10.6 Å². The van der Waals surface area contributed by atoms with Crippen molar-refractivity contribution < 1.29 is 9.15 Å². The van der Waals surface area contributed by atoms with Gasteiger partial charge in [-0.25, -0.2) is 9.97 Å². The Balaban J connectivity index is 1.77. The lowest BCUT2D eigenvalue weighted by Crippen LogP contribution is -1.92. The highest BCUT2D eigenvalue weighted by molar-refractivity contribution is 6.35. The largest absolute Gasteiger partial charge is 0.437 e. The summed E-state index contributed by atoms with van der Waals surface area (Å²) in [6.07, 6.45) is 1.61. The minimum atomic E-state index is 0.323. The molecule has 25 heavy (non-hydrogen) atoms. The summed E-state index contributed by atoms with van der Waals surface area (Å²) in [6.45, 7) is 0. The second kappa shape index (κ2) is 6.56. The number of rotatable bonds is 3. The first-order valence-electron chi connectivity index (χ1n) is 7.24. The summed E-state index contributed by atoms with van der Waals surface area (Å²) in [5.41, 5.74) is 1.88. The van der Waals surface area contributed by atoms with Crippen LogP contribution in [0.3, 0.4) is 0 Å². The summed E-state index contributed by atoms with van der Waals surface area (Å²) in [4.78, 5) is 8.72. The van der Waals surface area contributed by atoms with Gasteiger partial charge in [0, 0.05) is 16.2 Å². The predicted octanol–water partition coefficient (Wildman–Crippen LogP) is 6.64. The quantitative estimate of drug-likeness (QED) is 0.392. The lowest BCUT2D eigenvalue weighted by Gasteiger charge is -2.09. The molecule has 0 saturated heterocycles. The SMILES string of the molecule is Clc1ccc(Oc2ncccc2-c2nc3cc(Cl)ccc3o2)c(Cl)c1. The maximum absolute atomic E-state index is 6.17. The minimum absolute atomic E-state index is 0.323. The summed E-state index contributed by atoms with van der Waals surface area (Å²) in [5.74, 6) is 1.14. The van der Waals surface area contributed by atoms with E-state index in [4.69, 9.17) is 44.0 Å². The number of benzene rings is 2. The van der Waals surface area contributed by atoms with E-state index >= 15 is 0 Å². The fourth-order valence-corrected chi connectivity index (χ4v) is 2.93. The molecule has 0 amide bonds. The number of hydrogen-bond donors (Lipinski definition) is 0. The molecule has 0 bridgehead atoms. The Bertz CT molecular complexity index is 1080. The van der Waals surface area contributed by atoms with Gasteiger partial charge in [-0.2, -0.15) is 0 Å². The average molecular weight is 392 g/mol. The zero-order valence-electron chi connectivity index (χ0n) is 12.5. The van der Waals surface area contributed by atoms with E-state index in [2.05, 4.69) is 9.97 Å². The van der Waals surface area contributed by atoms with E-state index in [9.17, 15) is 0 Å². The van der Waals surface area contributed by atoms with Gasteiger partial charge < -0.3 is 9.15 Å². The van der Waals surface area contributed by atoms with E-state index in [1.165, 1.54) is 0 Å². The van der Waals surface area contributed by atoms with E-state index in [0.717, 1.165) is 0 Å². The fourth-order valence-electron chi connectivity index (χ4n) is 2.31. The van der Waals surface area contributed by atoms with Crippen LogP contribution in [0.4, 0.5) is 0 Å². The van der Waals surface area contributed by atoms with E-state index in [1.807, 2.05) is 0 Å². The lowest BCUT2D eigenvalue weighted by atomic mass is 10.2. The summed E-state index contributed by atoms with van der Waals surface area (Å²) >= 11 is 18.1. The van der Waals surface area contributed by atoms with Crippen LogP contribution in [0.1, 0.15) is 0 Å². The standard InChI is InChI=1S/C18H9Cl3N2O2/c19-10-3-5-15(13(21)8-10)24-17-12(2-1-7-22-17)18-23-14-9-11(20)4-6-16(14)25-18/h1-9H. The monoisotopic (exact) mass is 390 g/mol. The Labute approximate surface area is 157 Å². The van der Waals surface area contributed by atoms with Crippen LogP contribution in [0.15, 0.2) is 59.1 Å². The van der Waals surface area contributed by atoms with Gasteiger partial charge in [0.2, 0.25) is 11.8 Å². The smallest absolute Gasteiger partial charge is 0.232 e. The average Bonchev–Trinajstić information content (AvgIpc) is 3.00. The van der Waals surface area contributed by atoms with Crippen molar-refractivity contribution in [3.8, 4) is 23.1 Å². The highest BCUT2D eigenvalue weighted by Crippen LogP contribution is 2.36. The Kier molecular flexibility index (Phi) is 4.25. The molecule has 2 aromatic heterocycles. The third kappa shape index (κ3) is 3.29. The zero-order valence-corrected chi connectivity index (χ0v) is 14.8. The molecule has 124 valence electrons. The first-order valence-corrected chi connectivity index (χ1v) is 8.38. The predicted molar refractivity (Wildman–Crippen MR) is 98.8 cm³/mol. The third-order valence-electron chi connectivity index (χ3n) is 3.45. The summed E-state index contributed by atoms with van der Waals surface area (Å²) in [6, 6.07) is 13.8. The Hall–Kier alpha value is -2.27. The van der Waals surface area contributed by atoms with Crippen LogP contribution >= 0.6 is 34.8 Å². The molecule has 4 nitrogen and oxygen atoms in total. The number of nitrogens with zero attached hydrogens (tertiary/aromatic N) is 2. The Morgan fingerprint density at radius 2 is 1.72 bits per heavy atom. The molecule has 0 atom stereocenters. The molecule has 4 rings (SSSR count). The molecular weight excluding hydrogens is 383 g/mol.